The van der Waals surface area contributed by atoms with Crippen LogP contribution in [0.5, 0.6) is 0 Å². The second-order valence-corrected chi connectivity index (χ2v) is 1.81. The Morgan fingerprint density at radius 1 is 1.71 bits per heavy atom. The molecular weight excluding hydrogens is 121 g/mol. The first kappa shape index (κ1) is 6.55. The molecule has 0 saturated carbocycles. The predicted molar refractivity (Wildman–Crippen MR) is 24.2 cm³/mol. The lowest BCUT2D eigenvalue weighted by molar-refractivity contribution is 0.554. The minimum absolute atomic E-state index is 0.870. The highest BCUT2D eigenvalue weighted by atomic mass is 32.3. The van der Waals surface area contributed by atoms with Crippen molar-refractivity contribution in [1.29, 1.82) is 0 Å². The van der Waals surface area contributed by atoms with E-state index in [-0.39, 0.29) is 0 Å². The third-order valence-electron chi connectivity index (χ3n) is 0.231. The van der Waals surface area contributed by atoms with Crippen LogP contribution in [0.1, 0.15) is 6.92 Å². The van der Waals surface area contributed by atoms with Gasteiger partial charge in [-0.15, -0.1) is 4.40 Å². The summed E-state index contributed by atoms with van der Waals surface area (Å²) in [6, 6.07) is 0. The third-order valence-corrected chi connectivity index (χ3v) is 0.694. The molecule has 0 spiro atoms. The fourth-order valence-corrected chi connectivity index (χ4v) is 0.378. The summed E-state index contributed by atoms with van der Waals surface area (Å²) in [6.07, 6.45) is 0.870. The molecular formula is C2H4FNO2S. The molecule has 0 N–H and O–H groups in total. The molecule has 0 aliphatic carbocycles. The van der Waals surface area contributed by atoms with E-state index in [9.17, 15) is 12.3 Å². The maximum Gasteiger partial charge on any atom is 0.417 e. The molecule has 42 valence electrons. The maximum absolute atomic E-state index is 11.2. The van der Waals surface area contributed by atoms with E-state index in [1.165, 1.54) is 6.92 Å². The van der Waals surface area contributed by atoms with Crippen LogP contribution >= 0.6 is 0 Å². The molecule has 0 aromatic heterocycles. The van der Waals surface area contributed by atoms with Gasteiger partial charge in [-0.25, -0.2) is 0 Å². The first-order valence-electron chi connectivity index (χ1n) is 1.51. The van der Waals surface area contributed by atoms with Gasteiger partial charge in [0.2, 0.25) is 0 Å². The second-order valence-electron chi connectivity index (χ2n) is 0.776. The summed E-state index contributed by atoms with van der Waals surface area (Å²) in [4.78, 5) is 0. The zero-order valence-corrected chi connectivity index (χ0v) is 4.44. The molecule has 7 heavy (non-hydrogen) atoms. The molecule has 0 aliphatic rings. The van der Waals surface area contributed by atoms with Crippen molar-refractivity contribution in [1.82, 2.24) is 0 Å². The molecule has 0 aromatic carbocycles. The Morgan fingerprint density at radius 2 is 2.14 bits per heavy atom. The third kappa shape index (κ3) is 5.55. The summed E-state index contributed by atoms with van der Waals surface area (Å²) >= 11 is 0. The van der Waals surface area contributed by atoms with Gasteiger partial charge in [0.25, 0.3) is 0 Å². The summed E-state index contributed by atoms with van der Waals surface area (Å²) in [5.41, 5.74) is 0. The van der Waals surface area contributed by atoms with E-state index in [2.05, 4.69) is 4.40 Å². The van der Waals surface area contributed by atoms with Crippen LogP contribution in [0.4, 0.5) is 3.89 Å². The molecule has 0 heterocycles. The number of hydrogen-bond acceptors (Lipinski definition) is 2. The van der Waals surface area contributed by atoms with Gasteiger partial charge < -0.3 is 0 Å². The van der Waals surface area contributed by atoms with Crippen LogP contribution in [0.3, 0.4) is 0 Å². The molecule has 0 atom stereocenters. The topological polar surface area (TPSA) is 46.5 Å². The van der Waals surface area contributed by atoms with E-state index < -0.39 is 10.4 Å². The van der Waals surface area contributed by atoms with Crippen molar-refractivity contribution >= 4 is 16.6 Å². The van der Waals surface area contributed by atoms with Gasteiger partial charge in [-0.2, -0.15) is 8.42 Å². The van der Waals surface area contributed by atoms with Gasteiger partial charge in [0, 0.05) is 6.21 Å². The van der Waals surface area contributed by atoms with Crippen LogP contribution in [0.15, 0.2) is 4.40 Å². The highest BCUT2D eigenvalue weighted by Gasteiger charge is 1.95. The van der Waals surface area contributed by atoms with Crippen LogP contribution in [0.2, 0.25) is 0 Å². The van der Waals surface area contributed by atoms with Crippen LogP contribution < -0.4 is 0 Å². The molecule has 0 aliphatic heterocycles. The first-order chi connectivity index (χ1) is 3.06. The number of nitrogens with zero attached hydrogens (tertiary/aromatic N) is 1. The van der Waals surface area contributed by atoms with E-state index in [4.69, 9.17) is 0 Å². The zero-order valence-electron chi connectivity index (χ0n) is 3.63. The zero-order chi connectivity index (χ0) is 5.91. The van der Waals surface area contributed by atoms with E-state index >= 15 is 0 Å². The summed E-state index contributed by atoms with van der Waals surface area (Å²) < 4.78 is 32.3. The van der Waals surface area contributed by atoms with Gasteiger partial charge in [0.05, 0.1) is 0 Å². The van der Waals surface area contributed by atoms with Crippen molar-refractivity contribution in [2.24, 2.45) is 4.40 Å². The van der Waals surface area contributed by atoms with Gasteiger partial charge in [-0.3, -0.25) is 0 Å². The average Bonchev–Trinajstić information content (AvgIpc) is 1.30. The Kier molecular flexibility index (Phi) is 1.89. The quantitative estimate of drug-likeness (QED) is 0.373. The molecule has 3 nitrogen and oxygen atoms in total. The van der Waals surface area contributed by atoms with Crippen LogP contribution in [0, 0.1) is 0 Å². The van der Waals surface area contributed by atoms with E-state index in [0.29, 0.717) is 0 Å². The second kappa shape index (κ2) is 2.02. The highest BCUT2D eigenvalue weighted by Crippen LogP contribution is 1.87. The maximum atomic E-state index is 11.2. The molecule has 0 saturated heterocycles. The van der Waals surface area contributed by atoms with E-state index in [1.807, 2.05) is 0 Å². The minimum Gasteiger partial charge on any atom is -0.170 e. The summed E-state index contributed by atoms with van der Waals surface area (Å²) in [7, 11) is -4.60. The van der Waals surface area contributed by atoms with Crippen molar-refractivity contribution < 1.29 is 12.3 Å². The molecule has 5 heteroatoms. The molecule has 0 aromatic rings. The minimum atomic E-state index is -4.60. The monoisotopic (exact) mass is 125 g/mol. The van der Waals surface area contributed by atoms with E-state index in [0.717, 1.165) is 6.21 Å². The molecule has 0 fully saturated rings. The fraction of sp³-hybridized carbons (Fsp3) is 0.500. The Hall–Kier alpha value is -0.450. The summed E-state index contributed by atoms with van der Waals surface area (Å²) in [5, 5.41) is 0. The average molecular weight is 125 g/mol. The van der Waals surface area contributed by atoms with Crippen molar-refractivity contribution in [2.75, 3.05) is 0 Å². The standard InChI is InChI=1S/C2H4FNO2S/c1-2-4-7(3,5)6/h2H,1H3/b4-2-. The lowest BCUT2D eigenvalue weighted by atomic mass is 10.9. The van der Waals surface area contributed by atoms with Crippen molar-refractivity contribution in [3.05, 3.63) is 0 Å². The van der Waals surface area contributed by atoms with Gasteiger partial charge >= 0.3 is 10.4 Å². The van der Waals surface area contributed by atoms with Crippen molar-refractivity contribution in [3.8, 4) is 0 Å². The fourth-order valence-electron chi connectivity index (χ4n) is 0.126. The molecule has 0 unspecified atom stereocenters. The number of rotatable bonds is 1. The summed E-state index contributed by atoms with van der Waals surface area (Å²) in [5.74, 6) is 0. The van der Waals surface area contributed by atoms with Gasteiger partial charge in [-0.1, -0.05) is 3.89 Å². The molecule has 0 amide bonds. The Morgan fingerprint density at radius 3 is 2.14 bits per heavy atom. The lowest BCUT2D eigenvalue weighted by Gasteiger charge is -1.72. The Balaban J connectivity index is 4.13. The van der Waals surface area contributed by atoms with Gasteiger partial charge in [0.15, 0.2) is 0 Å². The normalized spacial score (nSPS) is 12.9. The molecule has 0 bridgehead atoms. The van der Waals surface area contributed by atoms with Gasteiger partial charge in [-0.05, 0) is 6.92 Å². The number of halogens is 1. The molecule has 0 radical (unpaired) electrons. The van der Waals surface area contributed by atoms with Crippen LogP contribution in [-0.2, 0) is 10.4 Å². The van der Waals surface area contributed by atoms with Gasteiger partial charge in [0.1, 0.15) is 0 Å². The van der Waals surface area contributed by atoms with Crippen LogP contribution in [0.25, 0.3) is 0 Å². The summed E-state index contributed by atoms with van der Waals surface area (Å²) in [6.45, 7) is 1.32. The van der Waals surface area contributed by atoms with Crippen molar-refractivity contribution in [2.45, 2.75) is 6.92 Å². The lowest BCUT2D eigenvalue weighted by Crippen LogP contribution is -1.80. The number of hydrogen-bond donors (Lipinski definition) is 0. The van der Waals surface area contributed by atoms with Crippen LogP contribution in [-0.4, -0.2) is 14.6 Å². The highest BCUT2D eigenvalue weighted by molar-refractivity contribution is 7.85. The SMILES string of the molecule is C/C=N\S(=O)(=O)F. The largest absolute Gasteiger partial charge is 0.417 e. The Bertz CT molecular complexity index is 159. The van der Waals surface area contributed by atoms with E-state index in [1.54, 1.807) is 0 Å². The molecule has 0 rings (SSSR count). The Labute approximate surface area is 41.2 Å². The predicted octanol–water partition coefficient (Wildman–Crippen LogP) is 0.291. The van der Waals surface area contributed by atoms with Crippen molar-refractivity contribution in [3.63, 3.8) is 0 Å². The smallest absolute Gasteiger partial charge is 0.170 e. The first-order valence-corrected chi connectivity index (χ1v) is 2.85.